The summed E-state index contributed by atoms with van der Waals surface area (Å²) in [6.45, 7) is 3.57. The van der Waals surface area contributed by atoms with Gasteiger partial charge in [-0.15, -0.1) is 0 Å². The zero-order chi connectivity index (χ0) is 16.2. The molecule has 0 amide bonds. The van der Waals surface area contributed by atoms with E-state index in [1.54, 1.807) is 13.8 Å². The second-order valence-corrected chi connectivity index (χ2v) is 9.97. The Balaban J connectivity index is 1.74. The van der Waals surface area contributed by atoms with E-state index in [4.69, 9.17) is 11.6 Å². The highest BCUT2D eigenvalue weighted by Gasteiger charge is 2.27. The summed E-state index contributed by atoms with van der Waals surface area (Å²) in [4.78, 5) is 0. The van der Waals surface area contributed by atoms with Crippen LogP contribution in [0.25, 0.3) is 0 Å². The Bertz CT molecular complexity index is 555. The predicted molar refractivity (Wildman–Crippen MR) is 94.1 cm³/mol. The zero-order valence-corrected chi connectivity index (χ0v) is 15.2. The van der Waals surface area contributed by atoms with Gasteiger partial charge < -0.3 is 0 Å². The number of aryl methyl sites for hydroxylation is 1. The van der Waals surface area contributed by atoms with E-state index in [2.05, 4.69) is 12.1 Å². The van der Waals surface area contributed by atoms with Gasteiger partial charge in [0.15, 0.2) is 9.84 Å². The van der Waals surface area contributed by atoms with Crippen molar-refractivity contribution in [1.29, 1.82) is 0 Å². The van der Waals surface area contributed by atoms with Crippen LogP contribution in [0.1, 0.15) is 51.5 Å². The van der Waals surface area contributed by atoms with E-state index in [1.807, 2.05) is 12.1 Å². The van der Waals surface area contributed by atoms with Crippen molar-refractivity contribution in [3.05, 3.63) is 34.9 Å². The van der Waals surface area contributed by atoms with Crippen molar-refractivity contribution in [3.63, 3.8) is 0 Å². The molecule has 4 heteroatoms. The van der Waals surface area contributed by atoms with Crippen molar-refractivity contribution in [2.45, 2.75) is 57.6 Å². The molecule has 0 N–H and O–H groups in total. The molecule has 0 aromatic heterocycles. The van der Waals surface area contributed by atoms with Gasteiger partial charge in [0.1, 0.15) is 0 Å². The second kappa shape index (κ2) is 7.83. The van der Waals surface area contributed by atoms with E-state index in [0.717, 1.165) is 30.2 Å². The minimum atomic E-state index is -2.89. The van der Waals surface area contributed by atoms with E-state index in [1.165, 1.54) is 24.8 Å². The van der Waals surface area contributed by atoms with Crippen LogP contribution in [0, 0.1) is 11.8 Å². The summed E-state index contributed by atoms with van der Waals surface area (Å²) in [6, 6.07) is 8.10. The van der Waals surface area contributed by atoms with Crippen LogP contribution in [0.2, 0.25) is 5.02 Å². The maximum Gasteiger partial charge on any atom is 0.152 e. The Morgan fingerprint density at radius 3 is 2.14 bits per heavy atom. The Morgan fingerprint density at radius 2 is 1.59 bits per heavy atom. The lowest BCUT2D eigenvalue weighted by Gasteiger charge is -2.28. The third kappa shape index (κ3) is 5.27. The Morgan fingerprint density at radius 1 is 1.05 bits per heavy atom. The van der Waals surface area contributed by atoms with E-state index in [0.29, 0.717) is 11.7 Å². The molecule has 0 unspecified atom stereocenters. The van der Waals surface area contributed by atoms with Gasteiger partial charge in [0.05, 0.1) is 11.0 Å². The van der Waals surface area contributed by atoms with Crippen molar-refractivity contribution in [3.8, 4) is 0 Å². The van der Waals surface area contributed by atoms with Gasteiger partial charge in [-0.25, -0.2) is 8.42 Å². The molecule has 0 heterocycles. The fourth-order valence-corrected chi connectivity index (χ4v) is 4.73. The molecule has 0 radical (unpaired) electrons. The molecule has 1 saturated carbocycles. The van der Waals surface area contributed by atoms with Crippen LogP contribution >= 0.6 is 11.6 Å². The third-order valence-corrected chi connectivity index (χ3v) is 7.53. The van der Waals surface area contributed by atoms with Gasteiger partial charge in [-0.2, -0.15) is 0 Å². The molecule has 2 nitrogen and oxygen atoms in total. The lowest BCUT2D eigenvalue weighted by Crippen LogP contribution is -2.26. The van der Waals surface area contributed by atoms with Gasteiger partial charge in [-0.05, 0) is 69.1 Å². The quantitative estimate of drug-likeness (QED) is 0.736. The van der Waals surface area contributed by atoms with Crippen LogP contribution in [-0.2, 0) is 16.3 Å². The van der Waals surface area contributed by atoms with E-state index < -0.39 is 9.84 Å². The molecule has 22 heavy (non-hydrogen) atoms. The molecule has 1 aromatic carbocycles. The van der Waals surface area contributed by atoms with Gasteiger partial charge in [-0.1, -0.05) is 36.6 Å². The maximum absolute atomic E-state index is 12.0. The lowest BCUT2D eigenvalue weighted by atomic mass is 9.80. The molecule has 1 aliphatic rings. The first kappa shape index (κ1) is 17.8. The highest BCUT2D eigenvalue weighted by molar-refractivity contribution is 7.91. The smallest absolute Gasteiger partial charge is 0.152 e. The normalized spacial score (nSPS) is 22.9. The fourth-order valence-electron chi connectivity index (χ4n) is 3.23. The lowest BCUT2D eigenvalue weighted by molar-refractivity contribution is 0.278. The van der Waals surface area contributed by atoms with Crippen LogP contribution in [0.5, 0.6) is 0 Å². The average Bonchev–Trinajstić information content (AvgIpc) is 2.48. The maximum atomic E-state index is 12.0. The molecule has 0 saturated heterocycles. The first-order valence-corrected chi connectivity index (χ1v) is 10.4. The molecule has 1 aliphatic carbocycles. The highest BCUT2D eigenvalue weighted by Crippen LogP contribution is 2.33. The van der Waals surface area contributed by atoms with Gasteiger partial charge in [0, 0.05) is 5.02 Å². The number of benzene rings is 1. The molecule has 1 fully saturated rings. The average molecular weight is 343 g/mol. The number of sulfone groups is 1. The third-order valence-electron chi connectivity index (χ3n) is 4.91. The summed E-state index contributed by atoms with van der Waals surface area (Å²) in [5, 5.41) is 0.547. The van der Waals surface area contributed by atoms with Crippen molar-refractivity contribution < 1.29 is 8.42 Å². The Hall–Kier alpha value is -0.540. The molecule has 2 rings (SSSR count). The second-order valence-electron chi connectivity index (χ2n) is 6.93. The van der Waals surface area contributed by atoms with Gasteiger partial charge in [-0.3, -0.25) is 0 Å². The summed E-state index contributed by atoms with van der Waals surface area (Å²) < 4.78 is 24.0. The molecule has 1 aromatic rings. The van der Waals surface area contributed by atoms with E-state index in [9.17, 15) is 8.42 Å². The van der Waals surface area contributed by atoms with Crippen molar-refractivity contribution in [2.24, 2.45) is 11.8 Å². The number of halogens is 1. The molecule has 0 atom stereocenters. The summed E-state index contributed by atoms with van der Waals surface area (Å²) >= 11 is 5.90. The molecule has 0 bridgehead atoms. The summed E-state index contributed by atoms with van der Waals surface area (Å²) in [5.74, 6) is 1.50. The minimum absolute atomic E-state index is 0.241. The van der Waals surface area contributed by atoms with Crippen LogP contribution < -0.4 is 0 Å². The standard InChI is InChI=1S/C18H27ClO2S/c1-14(2)22(20,21)13-17-7-5-15(6-8-17)3-4-16-9-11-18(19)12-10-16/h9-12,14-15,17H,3-8,13H2,1-2H3. The van der Waals surface area contributed by atoms with Gasteiger partial charge >= 0.3 is 0 Å². The Labute approximate surface area is 140 Å². The summed E-state index contributed by atoms with van der Waals surface area (Å²) in [6.07, 6.45) is 6.77. The fraction of sp³-hybridized carbons (Fsp3) is 0.667. The SMILES string of the molecule is CC(C)S(=O)(=O)CC1CCC(CCc2ccc(Cl)cc2)CC1. The van der Waals surface area contributed by atoms with Gasteiger partial charge in [0.2, 0.25) is 0 Å². The van der Waals surface area contributed by atoms with Crippen LogP contribution in [0.4, 0.5) is 0 Å². The molecular weight excluding hydrogens is 316 g/mol. The Kier molecular flexibility index (Phi) is 6.34. The van der Waals surface area contributed by atoms with Crippen LogP contribution in [0.15, 0.2) is 24.3 Å². The largest absolute Gasteiger partial charge is 0.229 e. The van der Waals surface area contributed by atoms with E-state index >= 15 is 0 Å². The highest BCUT2D eigenvalue weighted by atomic mass is 35.5. The molecule has 0 aliphatic heterocycles. The topological polar surface area (TPSA) is 34.1 Å². The van der Waals surface area contributed by atoms with Crippen LogP contribution in [-0.4, -0.2) is 19.4 Å². The number of hydrogen-bond donors (Lipinski definition) is 0. The molecule has 124 valence electrons. The van der Waals surface area contributed by atoms with Crippen molar-refractivity contribution in [1.82, 2.24) is 0 Å². The first-order chi connectivity index (χ1) is 10.4. The number of rotatable bonds is 6. The van der Waals surface area contributed by atoms with E-state index in [-0.39, 0.29) is 5.25 Å². The minimum Gasteiger partial charge on any atom is -0.229 e. The predicted octanol–water partition coefficient (Wildman–Crippen LogP) is 4.90. The summed E-state index contributed by atoms with van der Waals surface area (Å²) in [7, 11) is -2.89. The van der Waals surface area contributed by atoms with Crippen molar-refractivity contribution in [2.75, 3.05) is 5.75 Å². The first-order valence-electron chi connectivity index (χ1n) is 8.33. The summed E-state index contributed by atoms with van der Waals surface area (Å²) in [5.41, 5.74) is 1.34. The molecular formula is C18H27ClO2S. The number of hydrogen-bond acceptors (Lipinski definition) is 2. The monoisotopic (exact) mass is 342 g/mol. The van der Waals surface area contributed by atoms with Gasteiger partial charge in [0.25, 0.3) is 0 Å². The zero-order valence-electron chi connectivity index (χ0n) is 13.6. The van der Waals surface area contributed by atoms with Crippen molar-refractivity contribution >= 4 is 21.4 Å². The molecule has 0 spiro atoms. The van der Waals surface area contributed by atoms with Crippen LogP contribution in [0.3, 0.4) is 0 Å².